The van der Waals surface area contributed by atoms with Crippen LogP contribution in [0.25, 0.3) is 0 Å². The maximum atomic E-state index is 12.8. The van der Waals surface area contributed by atoms with Crippen molar-refractivity contribution >= 4 is 6.29 Å². The Balaban J connectivity index is 2.12. The zero-order chi connectivity index (χ0) is 9.26. The number of carbonyl (C=O) groups excluding carboxylic acids is 1. The molecule has 1 aliphatic rings. The summed E-state index contributed by atoms with van der Waals surface area (Å²) in [7, 11) is 0. The van der Waals surface area contributed by atoms with Crippen LogP contribution < -0.4 is 0 Å². The first-order valence-electron chi connectivity index (χ1n) is 4.43. The van der Waals surface area contributed by atoms with Gasteiger partial charge in [-0.3, -0.25) is 9.48 Å². The summed E-state index contributed by atoms with van der Waals surface area (Å²) in [5, 5.41) is 4.02. The first kappa shape index (κ1) is 8.41. The van der Waals surface area contributed by atoms with Gasteiger partial charge in [0, 0.05) is 12.6 Å². The van der Waals surface area contributed by atoms with Crippen LogP contribution in [0.15, 0.2) is 12.4 Å². The summed E-state index contributed by atoms with van der Waals surface area (Å²) in [5.74, 6) is 0. The van der Waals surface area contributed by atoms with Crippen molar-refractivity contribution < 1.29 is 9.18 Å². The van der Waals surface area contributed by atoms with E-state index in [2.05, 4.69) is 5.10 Å². The summed E-state index contributed by atoms with van der Waals surface area (Å²) in [6.07, 6.45) is 5.20. The second kappa shape index (κ2) is 3.28. The molecular weight excluding hydrogens is 171 g/mol. The van der Waals surface area contributed by atoms with Gasteiger partial charge in [0.15, 0.2) is 6.29 Å². The average Bonchev–Trinajstić information content (AvgIpc) is 2.71. The van der Waals surface area contributed by atoms with Gasteiger partial charge >= 0.3 is 0 Å². The average molecular weight is 182 g/mol. The van der Waals surface area contributed by atoms with Crippen molar-refractivity contribution in [3.05, 3.63) is 18.0 Å². The molecule has 0 N–H and O–H groups in total. The molecule has 1 aromatic heterocycles. The van der Waals surface area contributed by atoms with Gasteiger partial charge in [0.2, 0.25) is 0 Å². The summed E-state index contributed by atoms with van der Waals surface area (Å²) in [4.78, 5) is 10.4. The van der Waals surface area contributed by atoms with Crippen LogP contribution in [0.5, 0.6) is 0 Å². The molecule has 0 radical (unpaired) electrons. The van der Waals surface area contributed by atoms with Crippen molar-refractivity contribution in [2.24, 2.45) is 0 Å². The van der Waals surface area contributed by atoms with Crippen LogP contribution in [0.2, 0.25) is 0 Å². The molecule has 3 nitrogen and oxygen atoms in total. The summed E-state index contributed by atoms with van der Waals surface area (Å²) < 4.78 is 14.5. The molecule has 1 aromatic rings. The fourth-order valence-corrected chi connectivity index (χ4v) is 1.76. The summed E-state index contributed by atoms with van der Waals surface area (Å²) >= 11 is 0. The Labute approximate surface area is 75.5 Å². The summed E-state index contributed by atoms with van der Waals surface area (Å²) in [6.45, 7) is 0. The maximum absolute atomic E-state index is 12.8. The van der Waals surface area contributed by atoms with E-state index < -0.39 is 6.17 Å². The second-order valence-electron chi connectivity index (χ2n) is 3.44. The number of halogens is 1. The van der Waals surface area contributed by atoms with Crippen molar-refractivity contribution in [1.29, 1.82) is 0 Å². The van der Waals surface area contributed by atoms with E-state index >= 15 is 0 Å². The molecule has 0 spiro atoms. The van der Waals surface area contributed by atoms with E-state index in [1.165, 1.54) is 6.20 Å². The van der Waals surface area contributed by atoms with Crippen LogP contribution >= 0.6 is 0 Å². The standard InChI is InChI=1S/C9H11FN2O/c10-8-1-2-9(3-8)12-5-7(6-13)4-11-12/h4-6,8-9H,1-3H2. The van der Waals surface area contributed by atoms with E-state index in [0.29, 0.717) is 18.4 Å². The molecule has 0 saturated heterocycles. The monoisotopic (exact) mass is 182 g/mol. The van der Waals surface area contributed by atoms with E-state index in [1.807, 2.05) is 0 Å². The Bertz CT molecular complexity index is 310. The molecule has 13 heavy (non-hydrogen) atoms. The molecule has 70 valence electrons. The van der Waals surface area contributed by atoms with Crippen LogP contribution in [-0.4, -0.2) is 22.2 Å². The van der Waals surface area contributed by atoms with Gasteiger partial charge in [0.25, 0.3) is 0 Å². The van der Waals surface area contributed by atoms with E-state index in [0.717, 1.165) is 12.7 Å². The summed E-state index contributed by atoms with van der Waals surface area (Å²) in [5.41, 5.74) is 0.558. The predicted molar refractivity (Wildman–Crippen MR) is 45.4 cm³/mol. The lowest BCUT2D eigenvalue weighted by atomic mass is 10.2. The Kier molecular flexibility index (Phi) is 2.12. The quantitative estimate of drug-likeness (QED) is 0.653. The van der Waals surface area contributed by atoms with Gasteiger partial charge in [-0.15, -0.1) is 0 Å². The highest BCUT2D eigenvalue weighted by Crippen LogP contribution is 2.31. The fraction of sp³-hybridized carbons (Fsp3) is 0.556. The molecule has 4 heteroatoms. The molecule has 0 bridgehead atoms. The molecule has 1 aliphatic carbocycles. The molecule has 2 rings (SSSR count). The maximum Gasteiger partial charge on any atom is 0.153 e. The molecule has 0 amide bonds. The SMILES string of the molecule is O=Cc1cnn(C2CCC(F)C2)c1. The first-order chi connectivity index (χ1) is 6.29. The van der Waals surface area contributed by atoms with Crippen molar-refractivity contribution in [3.8, 4) is 0 Å². The Morgan fingerprint density at radius 1 is 1.62 bits per heavy atom. The number of carbonyl (C=O) groups is 1. The molecule has 0 aromatic carbocycles. The molecular formula is C9H11FN2O. The number of aromatic nitrogens is 2. The van der Waals surface area contributed by atoms with Crippen LogP contribution in [0.1, 0.15) is 35.7 Å². The van der Waals surface area contributed by atoms with Crippen molar-refractivity contribution in [2.75, 3.05) is 0 Å². The van der Waals surface area contributed by atoms with Crippen LogP contribution in [-0.2, 0) is 0 Å². The summed E-state index contributed by atoms with van der Waals surface area (Å²) in [6, 6.07) is 0.142. The minimum absolute atomic E-state index is 0.142. The zero-order valence-corrected chi connectivity index (χ0v) is 7.19. The first-order valence-corrected chi connectivity index (χ1v) is 4.43. The minimum Gasteiger partial charge on any atom is -0.298 e. The highest BCUT2D eigenvalue weighted by atomic mass is 19.1. The van der Waals surface area contributed by atoms with E-state index in [-0.39, 0.29) is 6.04 Å². The lowest BCUT2D eigenvalue weighted by molar-refractivity contribution is 0.112. The third-order valence-corrected chi connectivity index (χ3v) is 2.47. The number of hydrogen-bond donors (Lipinski definition) is 0. The van der Waals surface area contributed by atoms with E-state index in [9.17, 15) is 9.18 Å². The van der Waals surface area contributed by atoms with Crippen molar-refractivity contribution in [3.63, 3.8) is 0 Å². The fourth-order valence-electron chi connectivity index (χ4n) is 1.76. The zero-order valence-electron chi connectivity index (χ0n) is 7.19. The van der Waals surface area contributed by atoms with Crippen LogP contribution in [0.4, 0.5) is 4.39 Å². The molecule has 2 atom stereocenters. The van der Waals surface area contributed by atoms with Crippen LogP contribution in [0.3, 0.4) is 0 Å². The lowest BCUT2D eigenvalue weighted by Gasteiger charge is -2.08. The lowest BCUT2D eigenvalue weighted by Crippen LogP contribution is -2.05. The number of hydrogen-bond acceptors (Lipinski definition) is 2. The van der Waals surface area contributed by atoms with Gasteiger partial charge in [0.1, 0.15) is 6.17 Å². The van der Waals surface area contributed by atoms with Gasteiger partial charge in [0.05, 0.1) is 17.8 Å². The third kappa shape index (κ3) is 1.61. The minimum atomic E-state index is -0.700. The van der Waals surface area contributed by atoms with Gasteiger partial charge < -0.3 is 0 Å². The molecule has 1 saturated carbocycles. The van der Waals surface area contributed by atoms with Crippen molar-refractivity contribution in [1.82, 2.24) is 9.78 Å². The number of alkyl halides is 1. The molecule has 2 unspecified atom stereocenters. The van der Waals surface area contributed by atoms with Gasteiger partial charge in [-0.2, -0.15) is 5.10 Å². The second-order valence-corrected chi connectivity index (χ2v) is 3.44. The Morgan fingerprint density at radius 2 is 2.46 bits per heavy atom. The third-order valence-electron chi connectivity index (χ3n) is 2.47. The highest BCUT2D eigenvalue weighted by molar-refractivity contribution is 5.73. The highest BCUT2D eigenvalue weighted by Gasteiger charge is 2.25. The van der Waals surface area contributed by atoms with Gasteiger partial charge in [-0.05, 0) is 12.8 Å². The number of nitrogens with zero attached hydrogens (tertiary/aromatic N) is 2. The Morgan fingerprint density at radius 3 is 3.00 bits per heavy atom. The van der Waals surface area contributed by atoms with E-state index in [4.69, 9.17) is 0 Å². The molecule has 0 aliphatic heterocycles. The molecule has 1 fully saturated rings. The van der Waals surface area contributed by atoms with Gasteiger partial charge in [-0.1, -0.05) is 0 Å². The Hall–Kier alpha value is -1.19. The predicted octanol–water partition coefficient (Wildman–Crippen LogP) is 1.76. The number of rotatable bonds is 2. The largest absolute Gasteiger partial charge is 0.298 e. The van der Waals surface area contributed by atoms with Crippen LogP contribution in [0, 0.1) is 0 Å². The topological polar surface area (TPSA) is 34.9 Å². The van der Waals surface area contributed by atoms with Crippen molar-refractivity contribution in [2.45, 2.75) is 31.5 Å². The smallest absolute Gasteiger partial charge is 0.153 e. The van der Waals surface area contributed by atoms with Gasteiger partial charge in [-0.25, -0.2) is 4.39 Å². The normalized spacial score (nSPS) is 27.8. The number of aldehydes is 1. The van der Waals surface area contributed by atoms with E-state index in [1.54, 1.807) is 10.9 Å². The molecule has 1 heterocycles.